The Morgan fingerprint density at radius 2 is 2.06 bits per heavy atom. The molecule has 0 aromatic heterocycles. The molecule has 1 unspecified atom stereocenters. The number of rotatable bonds is 4. The minimum Gasteiger partial charge on any atom is -0.363 e. The molecule has 100 valence electrons. The standard InChI is InChI=1S/C15H23FN2/c1-6-10-18(15(3,4)5)13-9-7-8-12(16)14(13)11(2)17/h6-9,11H,1,10,17H2,2-5H3. The van der Waals surface area contributed by atoms with Gasteiger partial charge < -0.3 is 10.6 Å². The number of nitrogens with zero attached hydrogens (tertiary/aromatic N) is 1. The largest absolute Gasteiger partial charge is 0.363 e. The van der Waals surface area contributed by atoms with Gasteiger partial charge in [-0.2, -0.15) is 0 Å². The number of hydrogen-bond donors (Lipinski definition) is 1. The highest BCUT2D eigenvalue weighted by Gasteiger charge is 2.25. The molecule has 0 saturated heterocycles. The second kappa shape index (κ2) is 5.53. The van der Waals surface area contributed by atoms with Crippen LogP contribution in [-0.4, -0.2) is 12.1 Å². The van der Waals surface area contributed by atoms with Crippen LogP contribution in [-0.2, 0) is 0 Å². The zero-order valence-electron chi connectivity index (χ0n) is 11.7. The molecule has 0 aliphatic carbocycles. The van der Waals surface area contributed by atoms with Gasteiger partial charge in [0.1, 0.15) is 5.82 Å². The molecule has 0 spiro atoms. The van der Waals surface area contributed by atoms with Gasteiger partial charge in [0.05, 0.1) is 0 Å². The molecule has 3 heteroatoms. The third-order valence-corrected chi connectivity index (χ3v) is 2.90. The second-order valence-electron chi connectivity index (χ2n) is 5.53. The molecule has 1 aromatic rings. The molecule has 1 rings (SSSR count). The van der Waals surface area contributed by atoms with Crippen LogP contribution in [0.3, 0.4) is 0 Å². The van der Waals surface area contributed by atoms with Gasteiger partial charge >= 0.3 is 0 Å². The van der Waals surface area contributed by atoms with Crippen LogP contribution in [0.1, 0.15) is 39.3 Å². The molecule has 0 aliphatic heterocycles. The van der Waals surface area contributed by atoms with E-state index in [0.717, 1.165) is 5.69 Å². The minimum absolute atomic E-state index is 0.119. The predicted octanol–water partition coefficient (Wildman–Crippen LogP) is 3.64. The maximum absolute atomic E-state index is 14.0. The Kier molecular flexibility index (Phi) is 4.52. The zero-order chi connectivity index (χ0) is 13.9. The normalized spacial score (nSPS) is 13.2. The summed E-state index contributed by atoms with van der Waals surface area (Å²) in [6.07, 6.45) is 1.82. The highest BCUT2D eigenvalue weighted by atomic mass is 19.1. The lowest BCUT2D eigenvalue weighted by Crippen LogP contribution is -2.42. The van der Waals surface area contributed by atoms with Gasteiger partial charge in [0.25, 0.3) is 0 Å². The summed E-state index contributed by atoms with van der Waals surface area (Å²) >= 11 is 0. The van der Waals surface area contributed by atoms with Crippen molar-refractivity contribution in [2.45, 2.75) is 39.3 Å². The summed E-state index contributed by atoms with van der Waals surface area (Å²) in [4.78, 5) is 2.11. The predicted molar refractivity (Wildman–Crippen MR) is 76.3 cm³/mol. The molecular formula is C15H23FN2. The van der Waals surface area contributed by atoms with Crippen LogP contribution in [0.2, 0.25) is 0 Å². The Hall–Kier alpha value is -1.35. The van der Waals surface area contributed by atoms with Crippen LogP contribution >= 0.6 is 0 Å². The van der Waals surface area contributed by atoms with E-state index in [1.54, 1.807) is 13.0 Å². The third-order valence-electron chi connectivity index (χ3n) is 2.90. The molecule has 0 bridgehead atoms. The second-order valence-corrected chi connectivity index (χ2v) is 5.53. The van der Waals surface area contributed by atoms with Gasteiger partial charge in [0, 0.05) is 29.4 Å². The summed E-state index contributed by atoms with van der Waals surface area (Å²) in [6.45, 7) is 12.5. The maximum atomic E-state index is 14.0. The minimum atomic E-state index is -0.337. The number of anilines is 1. The first kappa shape index (κ1) is 14.7. The zero-order valence-corrected chi connectivity index (χ0v) is 11.7. The first-order chi connectivity index (χ1) is 8.29. The highest BCUT2D eigenvalue weighted by Crippen LogP contribution is 2.32. The van der Waals surface area contributed by atoms with Crippen LogP contribution in [0.5, 0.6) is 0 Å². The Bertz CT molecular complexity index is 419. The van der Waals surface area contributed by atoms with E-state index in [-0.39, 0.29) is 17.4 Å². The first-order valence-corrected chi connectivity index (χ1v) is 6.21. The molecule has 0 aliphatic rings. The molecule has 2 N–H and O–H groups in total. The quantitative estimate of drug-likeness (QED) is 0.827. The van der Waals surface area contributed by atoms with E-state index < -0.39 is 0 Å². The van der Waals surface area contributed by atoms with Gasteiger partial charge in [0.15, 0.2) is 0 Å². The summed E-state index contributed by atoms with van der Waals surface area (Å²) in [5.74, 6) is -0.249. The summed E-state index contributed by atoms with van der Waals surface area (Å²) in [7, 11) is 0. The van der Waals surface area contributed by atoms with Crippen LogP contribution in [0.25, 0.3) is 0 Å². The van der Waals surface area contributed by atoms with Crippen molar-refractivity contribution in [1.29, 1.82) is 0 Å². The fourth-order valence-electron chi connectivity index (χ4n) is 2.07. The third kappa shape index (κ3) is 3.10. The van der Waals surface area contributed by atoms with Gasteiger partial charge in [-0.25, -0.2) is 4.39 Å². The number of nitrogens with two attached hydrogens (primary N) is 1. The fourth-order valence-corrected chi connectivity index (χ4v) is 2.07. The van der Waals surface area contributed by atoms with Crippen molar-refractivity contribution in [1.82, 2.24) is 0 Å². The maximum Gasteiger partial charge on any atom is 0.130 e. The van der Waals surface area contributed by atoms with Crippen molar-refractivity contribution >= 4 is 5.69 Å². The average Bonchev–Trinajstić information content (AvgIpc) is 2.23. The monoisotopic (exact) mass is 250 g/mol. The first-order valence-electron chi connectivity index (χ1n) is 6.21. The van der Waals surface area contributed by atoms with Crippen molar-refractivity contribution in [2.24, 2.45) is 5.73 Å². The number of benzene rings is 1. The Morgan fingerprint density at radius 3 is 2.50 bits per heavy atom. The lowest BCUT2D eigenvalue weighted by Gasteiger charge is -2.38. The van der Waals surface area contributed by atoms with Crippen LogP contribution in [0.4, 0.5) is 10.1 Å². The molecule has 0 heterocycles. The molecule has 0 fully saturated rings. The van der Waals surface area contributed by atoms with Gasteiger partial charge in [-0.05, 0) is 39.8 Å². The van der Waals surface area contributed by atoms with Gasteiger partial charge in [-0.1, -0.05) is 12.1 Å². The number of hydrogen-bond acceptors (Lipinski definition) is 2. The Morgan fingerprint density at radius 1 is 1.44 bits per heavy atom. The summed E-state index contributed by atoms with van der Waals surface area (Å²) < 4.78 is 14.0. The van der Waals surface area contributed by atoms with Crippen molar-refractivity contribution in [3.63, 3.8) is 0 Å². The van der Waals surface area contributed by atoms with E-state index >= 15 is 0 Å². The summed E-state index contributed by atoms with van der Waals surface area (Å²) in [5, 5.41) is 0. The van der Waals surface area contributed by atoms with E-state index in [1.165, 1.54) is 6.07 Å². The van der Waals surface area contributed by atoms with E-state index in [2.05, 4.69) is 32.3 Å². The topological polar surface area (TPSA) is 29.3 Å². The summed E-state index contributed by atoms with van der Waals surface area (Å²) in [5.41, 5.74) is 7.19. The van der Waals surface area contributed by atoms with Crippen molar-refractivity contribution in [3.05, 3.63) is 42.2 Å². The van der Waals surface area contributed by atoms with E-state index in [9.17, 15) is 4.39 Å². The Labute approximate surface area is 109 Å². The lowest BCUT2D eigenvalue weighted by molar-refractivity contribution is 0.514. The molecule has 0 saturated carbocycles. The molecule has 18 heavy (non-hydrogen) atoms. The molecule has 0 radical (unpaired) electrons. The smallest absolute Gasteiger partial charge is 0.130 e. The number of halogens is 1. The van der Waals surface area contributed by atoms with Gasteiger partial charge in [-0.15, -0.1) is 6.58 Å². The van der Waals surface area contributed by atoms with Gasteiger partial charge in [0.2, 0.25) is 0 Å². The average molecular weight is 250 g/mol. The van der Waals surface area contributed by atoms with Crippen molar-refractivity contribution in [2.75, 3.05) is 11.4 Å². The van der Waals surface area contributed by atoms with Crippen molar-refractivity contribution in [3.8, 4) is 0 Å². The van der Waals surface area contributed by atoms with Gasteiger partial charge in [-0.3, -0.25) is 0 Å². The summed E-state index contributed by atoms with van der Waals surface area (Å²) in [6, 6.07) is 4.75. The fraction of sp³-hybridized carbons (Fsp3) is 0.467. The van der Waals surface area contributed by atoms with Crippen molar-refractivity contribution < 1.29 is 4.39 Å². The molecule has 1 aromatic carbocycles. The van der Waals surface area contributed by atoms with E-state index in [0.29, 0.717) is 12.1 Å². The molecule has 2 nitrogen and oxygen atoms in total. The SMILES string of the molecule is C=CCN(c1cccc(F)c1C(C)N)C(C)(C)C. The molecule has 0 amide bonds. The lowest BCUT2D eigenvalue weighted by atomic mass is 9.99. The highest BCUT2D eigenvalue weighted by molar-refractivity contribution is 5.57. The van der Waals surface area contributed by atoms with Crippen LogP contribution in [0, 0.1) is 5.82 Å². The van der Waals surface area contributed by atoms with E-state index in [4.69, 9.17) is 5.73 Å². The van der Waals surface area contributed by atoms with Crippen LogP contribution in [0.15, 0.2) is 30.9 Å². The Balaban J connectivity index is 3.36. The van der Waals surface area contributed by atoms with Crippen LogP contribution < -0.4 is 10.6 Å². The van der Waals surface area contributed by atoms with E-state index in [1.807, 2.05) is 12.1 Å². The molecular weight excluding hydrogens is 227 g/mol. The molecule has 1 atom stereocenters.